The van der Waals surface area contributed by atoms with Gasteiger partial charge in [-0.05, 0) is 0 Å². The smallest absolute Gasteiger partial charge is 0.339 e. The van der Waals surface area contributed by atoms with Crippen LogP contribution in [0.15, 0.2) is 0 Å². The van der Waals surface area contributed by atoms with Crippen LogP contribution in [0.5, 0.6) is 0 Å². The molecule has 1 amide bonds. The van der Waals surface area contributed by atoms with Crippen LogP contribution in [0.4, 0.5) is 0 Å². The van der Waals surface area contributed by atoms with Crippen LogP contribution in [-0.2, 0) is 85.7 Å². The second-order valence-electron chi connectivity index (χ2n) is 10.0. The van der Waals surface area contributed by atoms with Crippen molar-refractivity contribution in [3.63, 3.8) is 0 Å². The first-order valence-corrected chi connectivity index (χ1v) is 13.8. The zero-order valence-corrected chi connectivity index (χ0v) is 26.3. The van der Waals surface area contributed by atoms with E-state index in [1.54, 1.807) is 0 Å². The molecule has 258 valence electrons. The van der Waals surface area contributed by atoms with E-state index in [4.69, 9.17) is 47.4 Å². The summed E-state index contributed by atoms with van der Waals surface area (Å²) in [6, 6.07) is -1.50. The minimum absolute atomic E-state index is 0.577. The first-order valence-electron chi connectivity index (χ1n) is 13.8. The maximum absolute atomic E-state index is 12.9. The number of ether oxygens (including phenoxy) is 10. The highest BCUT2D eigenvalue weighted by molar-refractivity contribution is 5.77. The Balaban J connectivity index is 2.77. The van der Waals surface area contributed by atoms with Gasteiger partial charge in [0.15, 0.2) is 36.8 Å². The average Bonchev–Trinajstić information content (AvgIpc) is 2.91. The van der Waals surface area contributed by atoms with Crippen LogP contribution >= 0.6 is 0 Å². The first-order chi connectivity index (χ1) is 21.4. The van der Waals surface area contributed by atoms with Crippen LogP contribution < -0.4 is 5.32 Å². The molecule has 0 bridgehead atoms. The summed E-state index contributed by atoms with van der Waals surface area (Å²) < 4.78 is 54.2. The van der Waals surface area contributed by atoms with Crippen molar-refractivity contribution in [1.29, 1.82) is 0 Å². The van der Waals surface area contributed by atoms with Crippen molar-refractivity contribution >= 4 is 47.7 Å². The van der Waals surface area contributed by atoms with E-state index in [1.807, 2.05) is 0 Å². The van der Waals surface area contributed by atoms with Crippen molar-refractivity contribution in [3.05, 3.63) is 0 Å². The summed E-state index contributed by atoms with van der Waals surface area (Å²) in [5, 5.41) is 2.47. The monoisotopic (exact) mass is 663 g/mol. The van der Waals surface area contributed by atoms with Crippen molar-refractivity contribution in [1.82, 2.24) is 5.32 Å². The molecular weight excluding hydrogens is 626 g/mol. The molecule has 2 saturated heterocycles. The third kappa shape index (κ3) is 10.6. The fourth-order valence-corrected chi connectivity index (χ4v) is 4.73. The van der Waals surface area contributed by atoms with Gasteiger partial charge in [0, 0.05) is 48.5 Å². The van der Waals surface area contributed by atoms with Crippen molar-refractivity contribution in [2.24, 2.45) is 0 Å². The summed E-state index contributed by atoms with van der Waals surface area (Å²) in [6.07, 6.45) is -15.4. The Bertz CT molecular complexity index is 1190. The number of nitrogens with one attached hydrogen (secondary N) is 1. The van der Waals surface area contributed by atoms with E-state index in [2.05, 4.69) is 5.32 Å². The molecule has 0 aliphatic carbocycles. The number of rotatable bonds is 11. The van der Waals surface area contributed by atoms with Crippen LogP contribution in [0, 0.1) is 0 Å². The number of esters is 7. The van der Waals surface area contributed by atoms with Gasteiger partial charge < -0.3 is 52.7 Å². The number of hydrogen-bond acceptors (Lipinski definition) is 18. The SMILES string of the molecule is COC(=O)[C@H]1O[C@@H](O[C@@H]2[C@@H](NC(C)=O)[C@@H](OC(C)=O)O[C@H](COC(C)=O)[C@@H]2OC(C)=O)[C@H](OC(C)=O)[C@@H](OC(C)=O)[C@@H]1OC(C)=O. The van der Waals surface area contributed by atoms with Crippen LogP contribution in [0.25, 0.3) is 0 Å². The van der Waals surface area contributed by atoms with Gasteiger partial charge in [-0.2, -0.15) is 0 Å². The lowest BCUT2D eigenvalue weighted by molar-refractivity contribution is -0.340. The molecule has 1 N–H and O–H groups in total. The summed E-state index contributed by atoms with van der Waals surface area (Å²) in [4.78, 5) is 97.5. The van der Waals surface area contributed by atoms with E-state index < -0.39 is 116 Å². The van der Waals surface area contributed by atoms with Gasteiger partial charge >= 0.3 is 41.8 Å². The van der Waals surface area contributed by atoms with E-state index in [1.165, 1.54) is 0 Å². The van der Waals surface area contributed by atoms with Crippen LogP contribution in [-0.4, -0.2) is 123 Å². The highest BCUT2D eigenvalue weighted by Crippen LogP contribution is 2.35. The fourth-order valence-electron chi connectivity index (χ4n) is 4.73. The lowest BCUT2D eigenvalue weighted by atomic mass is 9.94. The van der Waals surface area contributed by atoms with Gasteiger partial charge in [0.25, 0.3) is 0 Å². The minimum Gasteiger partial charge on any atom is -0.467 e. The third-order valence-corrected chi connectivity index (χ3v) is 6.18. The molecule has 0 saturated carbocycles. The maximum atomic E-state index is 12.9. The number of carbonyl (C=O) groups is 8. The Kier molecular flexibility index (Phi) is 13.8. The Morgan fingerprint density at radius 3 is 1.54 bits per heavy atom. The van der Waals surface area contributed by atoms with Crippen molar-refractivity contribution < 1.29 is 85.7 Å². The molecule has 0 aromatic carbocycles. The third-order valence-electron chi connectivity index (χ3n) is 6.18. The second-order valence-corrected chi connectivity index (χ2v) is 10.0. The number of methoxy groups -OCH3 is 1. The molecule has 0 spiro atoms. The van der Waals surface area contributed by atoms with Gasteiger partial charge in [-0.1, -0.05) is 0 Å². The Morgan fingerprint density at radius 2 is 1.07 bits per heavy atom. The molecule has 2 fully saturated rings. The van der Waals surface area contributed by atoms with Crippen LogP contribution in [0.1, 0.15) is 48.5 Å². The number of amides is 1. The van der Waals surface area contributed by atoms with Gasteiger partial charge in [0.1, 0.15) is 24.9 Å². The molecule has 2 heterocycles. The van der Waals surface area contributed by atoms with Gasteiger partial charge in [-0.25, -0.2) is 4.79 Å². The molecule has 19 heteroatoms. The predicted octanol–water partition coefficient (Wildman–Crippen LogP) is -1.65. The molecular formula is C27H37NO18. The molecule has 2 rings (SSSR count). The lowest BCUT2D eigenvalue weighted by Gasteiger charge is -2.48. The first kappa shape index (κ1) is 37.8. The quantitative estimate of drug-likeness (QED) is 0.192. The van der Waals surface area contributed by atoms with Gasteiger partial charge in [-0.15, -0.1) is 0 Å². The van der Waals surface area contributed by atoms with Crippen LogP contribution in [0.2, 0.25) is 0 Å². The molecule has 0 aromatic rings. The molecule has 0 aromatic heterocycles. The van der Waals surface area contributed by atoms with Gasteiger partial charge in [-0.3, -0.25) is 33.6 Å². The maximum Gasteiger partial charge on any atom is 0.339 e. The van der Waals surface area contributed by atoms with E-state index in [9.17, 15) is 38.4 Å². The van der Waals surface area contributed by atoms with Crippen molar-refractivity contribution in [2.75, 3.05) is 13.7 Å². The van der Waals surface area contributed by atoms with Crippen molar-refractivity contribution in [2.45, 2.75) is 110 Å². The van der Waals surface area contributed by atoms with Gasteiger partial charge in [0.2, 0.25) is 12.2 Å². The number of hydrogen-bond donors (Lipinski definition) is 1. The van der Waals surface area contributed by atoms with E-state index in [0.717, 1.165) is 55.6 Å². The van der Waals surface area contributed by atoms with E-state index in [-0.39, 0.29) is 0 Å². The largest absolute Gasteiger partial charge is 0.467 e. The van der Waals surface area contributed by atoms with Gasteiger partial charge in [0.05, 0.1) is 7.11 Å². The van der Waals surface area contributed by atoms with Crippen molar-refractivity contribution in [3.8, 4) is 0 Å². The zero-order chi connectivity index (χ0) is 34.9. The average molecular weight is 664 g/mol. The Morgan fingerprint density at radius 1 is 0.565 bits per heavy atom. The minimum atomic E-state index is -1.94. The summed E-state index contributed by atoms with van der Waals surface area (Å²) in [7, 11) is 0.983. The predicted molar refractivity (Wildman–Crippen MR) is 142 cm³/mol. The zero-order valence-electron chi connectivity index (χ0n) is 26.3. The highest BCUT2D eigenvalue weighted by Gasteiger charge is 2.58. The highest BCUT2D eigenvalue weighted by atomic mass is 16.8. The lowest BCUT2D eigenvalue weighted by Crippen LogP contribution is -2.69. The molecule has 2 aliphatic heterocycles. The number of carbonyl (C=O) groups excluding carboxylic acids is 8. The Labute approximate surface area is 262 Å². The van der Waals surface area contributed by atoms with Crippen LogP contribution in [0.3, 0.4) is 0 Å². The summed E-state index contributed by atoms with van der Waals surface area (Å²) in [5.74, 6) is -7.25. The standard InChI is InChI=1S/C27H37NO18/c1-10(29)28-18-20(19(39-12(3)31)17(9-38-11(2)30)44-26(18)43-16(7)35)45-27-24(42-15(6)34)22(41-14(5)33)21(40-13(4)32)23(46-27)25(36)37-8/h17-24,26-27H,9H2,1-8H3,(H,28,29)/t17-,18-,19+,20-,21+,22+,23+,24-,26+,27-/m1/s1. The Hall–Kier alpha value is -4.36. The molecule has 19 nitrogen and oxygen atoms in total. The van der Waals surface area contributed by atoms with E-state index in [0.29, 0.717) is 0 Å². The molecule has 0 radical (unpaired) electrons. The molecule has 10 atom stereocenters. The summed E-state index contributed by atoms with van der Waals surface area (Å²) in [6.45, 7) is 6.62. The van der Waals surface area contributed by atoms with E-state index >= 15 is 0 Å². The summed E-state index contributed by atoms with van der Waals surface area (Å²) >= 11 is 0. The fraction of sp³-hybridized carbons (Fsp3) is 0.704. The molecule has 0 unspecified atom stereocenters. The normalized spacial score (nSPS) is 30.4. The second kappa shape index (κ2) is 16.8. The summed E-state index contributed by atoms with van der Waals surface area (Å²) in [5.41, 5.74) is 0. The molecule has 2 aliphatic rings. The topological polar surface area (TPSA) is 241 Å². The molecule has 46 heavy (non-hydrogen) atoms.